The zero-order valence-corrected chi connectivity index (χ0v) is 17.7. The number of carbonyl (C=O) groups excluding carboxylic acids is 2. The fourth-order valence-corrected chi connectivity index (χ4v) is 6.26. The van der Waals surface area contributed by atoms with Crippen molar-refractivity contribution in [2.24, 2.45) is 11.8 Å². The normalized spacial score (nSPS) is 24.5. The Morgan fingerprint density at radius 1 is 1.23 bits per heavy atom. The average Bonchev–Trinajstić information content (AvgIpc) is 3.05. The zero-order valence-electron chi connectivity index (χ0n) is 16.8. The molecule has 8 nitrogen and oxygen atoms in total. The van der Waals surface area contributed by atoms with Gasteiger partial charge in [0.15, 0.2) is 9.84 Å². The van der Waals surface area contributed by atoms with E-state index in [1.807, 2.05) is 4.90 Å². The Kier molecular flexibility index (Phi) is 5.61. The molecule has 1 atom stereocenters. The summed E-state index contributed by atoms with van der Waals surface area (Å²) in [4.78, 5) is 26.5. The van der Waals surface area contributed by atoms with E-state index in [0.29, 0.717) is 30.4 Å². The van der Waals surface area contributed by atoms with Gasteiger partial charge in [-0.3, -0.25) is 9.69 Å². The number of benzene rings is 1. The molecule has 3 heterocycles. The number of rotatable bonds is 5. The molecule has 3 aliphatic rings. The molecule has 30 heavy (non-hydrogen) atoms. The fourth-order valence-electron chi connectivity index (χ4n) is 4.50. The topological polar surface area (TPSA) is 96.0 Å². The summed E-state index contributed by atoms with van der Waals surface area (Å²) in [6, 6.07) is 4.71. The van der Waals surface area contributed by atoms with Gasteiger partial charge in [-0.2, -0.15) is 0 Å². The van der Waals surface area contributed by atoms with Gasteiger partial charge in [-0.25, -0.2) is 17.6 Å². The molecule has 0 aliphatic carbocycles. The summed E-state index contributed by atoms with van der Waals surface area (Å²) in [7, 11) is -2.82. The van der Waals surface area contributed by atoms with Gasteiger partial charge in [-0.05, 0) is 42.9 Å². The first-order valence-electron chi connectivity index (χ1n) is 10.2. The van der Waals surface area contributed by atoms with Crippen molar-refractivity contribution in [3.63, 3.8) is 0 Å². The van der Waals surface area contributed by atoms with Gasteiger partial charge in [-0.15, -0.1) is 0 Å². The second-order valence-corrected chi connectivity index (χ2v) is 10.5. The third kappa shape index (κ3) is 4.38. The molecule has 1 aromatic carbocycles. The van der Waals surface area contributed by atoms with Gasteiger partial charge in [-0.1, -0.05) is 0 Å². The highest BCUT2D eigenvalue weighted by Gasteiger charge is 2.40. The molecule has 3 saturated heterocycles. The van der Waals surface area contributed by atoms with Gasteiger partial charge >= 0.3 is 6.09 Å². The number of hydrogen-bond acceptors (Lipinski definition) is 6. The highest BCUT2D eigenvalue weighted by Crippen LogP contribution is 2.36. The van der Waals surface area contributed by atoms with Gasteiger partial charge in [0.2, 0.25) is 5.91 Å². The summed E-state index contributed by atoms with van der Waals surface area (Å²) in [5, 5.41) is 2.61. The molecule has 4 rings (SSSR count). The molecule has 0 spiro atoms. The minimum atomic E-state index is -2.82. The van der Waals surface area contributed by atoms with E-state index in [4.69, 9.17) is 4.74 Å². The summed E-state index contributed by atoms with van der Waals surface area (Å²) < 4.78 is 42.9. The van der Waals surface area contributed by atoms with Gasteiger partial charge in [0.25, 0.3) is 0 Å². The number of ether oxygens (including phenoxy) is 1. The average molecular weight is 440 g/mol. The first-order chi connectivity index (χ1) is 14.2. The summed E-state index contributed by atoms with van der Waals surface area (Å²) in [6.07, 6.45) is 0.669. The lowest BCUT2D eigenvalue weighted by Crippen LogP contribution is -2.45. The number of hydrogen-bond donors (Lipinski definition) is 1. The molecule has 0 bridgehead atoms. The minimum Gasteiger partial charge on any atom is -0.442 e. The molecule has 0 aromatic heterocycles. The molecular formula is C20H26FN3O5S. The number of nitrogens with zero attached hydrogens (tertiary/aromatic N) is 2. The SMILES string of the molecule is CC(=O)NCC1CN(c2ccc(N3CCC(C4CS(=O)(=O)C4)CC3)c(F)c2)C(=O)O1. The van der Waals surface area contributed by atoms with E-state index in [0.717, 1.165) is 12.8 Å². The van der Waals surface area contributed by atoms with Crippen LogP contribution in [-0.4, -0.2) is 64.2 Å². The van der Waals surface area contributed by atoms with Crippen molar-refractivity contribution >= 4 is 33.2 Å². The summed E-state index contributed by atoms with van der Waals surface area (Å²) >= 11 is 0. The molecule has 1 N–H and O–H groups in total. The number of halogens is 1. The maximum atomic E-state index is 14.8. The number of cyclic esters (lactones) is 1. The monoisotopic (exact) mass is 439 g/mol. The van der Waals surface area contributed by atoms with Gasteiger partial charge in [0.1, 0.15) is 11.9 Å². The van der Waals surface area contributed by atoms with E-state index in [1.165, 1.54) is 17.9 Å². The van der Waals surface area contributed by atoms with Crippen molar-refractivity contribution in [1.82, 2.24) is 5.32 Å². The van der Waals surface area contributed by atoms with E-state index in [-0.39, 0.29) is 36.4 Å². The predicted octanol–water partition coefficient (Wildman–Crippen LogP) is 1.55. The smallest absolute Gasteiger partial charge is 0.414 e. The van der Waals surface area contributed by atoms with Crippen LogP contribution in [0.15, 0.2) is 18.2 Å². The van der Waals surface area contributed by atoms with Crippen molar-refractivity contribution in [3.05, 3.63) is 24.0 Å². The van der Waals surface area contributed by atoms with Crippen LogP contribution >= 0.6 is 0 Å². The highest BCUT2D eigenvalue weighted by atomic mass is 32.2. The van der Waals surface area contributed by atoms with Crippen molar-refractivity contribution < 1.29 is 27.1 Å². The van der Waals surface area contributed by atoms with Crippen LogP contribution in [0.1, 0.15) is 19.8 Å². The molecule has 10 heteroatoms. The van der Waals surface area contributed by atoms with Crippen LogP contribution in [0.5, 0.6) is 0 Å². The first kappa shape index (κ1) is 20.9. The molecule has 1 unspecified atom stereocenters. The fraction of sp³-hybridized carbons (Fsp3) is 0.600. The van der Waals surface area contributed by atoms with Crippen LogP contribution in [0, 0.1) is 17.7 Å². The lowest BCUT2D eigenvalue weighted by atomic mass is 9.86. The van der Waals surface area contributed by atoms with Crippen molar-refractivity contribution in [3.8, 4) is 0 Å². The molecule has 3 aliphatic heterocycles. The summed E-state index contributed by atoms with van der Waals surface area (Å²) in [6.45, 7) is 3.21. The standard InChI is InChI=1S/C20H26FN3O5S/c1-13(25)22-9-17-10-24(20(26)29-17)16-2-3-19(18(21)8-16)23-6-4-14(5-7-23)15-11-30(27,28)12-15/h2-3,8,14-15,17H,4-7,9-12H2,1H3,(H,22,25). The van der Waals surface area contributed by atoms with Gasteiger partial charge < -0.3 is 15.0 Å². The Bertz CT molecular complexity index is 934. The molecule has 1 aromatic rings. The second-order valence-electron chi connectivity index (χ2n) is 8.35. The quantitative estimate of drug-likeness (QED) is 0.748. The maximum Gasteiger partial charge on any atom is 0.414 e. The van der Waals surface area contributed by atoms with Crippen molar-refractivity contribution in [1.29, 1.82) is 0 Å². The number of amides is 2. The molecule has 0 radical (unpaired) electrons. The van der Waals surface area contributed by atoms with E-state index in [1.54, 1.807) is 12.1 Å². The molecule has 0 saturated carbocycles. The summed E-state index contributed by atoms with van der Waals surface area (Å²) in [5.74, 6) is 0.589. The third-order valence-electron chi connectivity index (χ3n) is 6.18. The van der Waals surface area contributed by atoms with Crippen LogP contribution in [0.25, 0.3) is 0 Å². The molecule has 3 fully saturated rings. The van der Waals surface area contributed by atoms with Crippen LogP contribution < -0.4 is 15.1 Å². The zero-order chi connectivity index (χ0) is 21.5. The number of sulfone groups is 1. The lowest BCUT2D eigenvalue weighted by Gasteiger charge is -2.40. The van der Waals surface area contributed by atoms with Crippen LogP contribution in [-0.2, 0) is 19.4 Å². The van der Waals surface area contributed by atoms with Gasteiger partial charge in [0, 0.05) is 20.0 Å². The number of anilines is 2. The number of piperidine rings is 1. The van der Waals surface area contributed by atoms with E-state index in [9.17, 15) is 22.4 Å². The van der Waals surface area contributed by atoms with Crippen molar-refractivity contribution in [2.75, 3.05) is 47.5 Å². The van der Waals surface area contributed by atoms with E-state index in [2.05, 4.69) is 5.32 Å². The maximum absolute atomic E-state index is 14.8. The van der Waals surface area contributed by atoms with Gasteiger partial charge in [0.05, 0.1) is 36.0 Å². The molecular weight excluding hydrogens is 413 g/mol. The first-order valence-corrected chi connectivity index (χ1v) is 12.0. The lowest BCUT2D eigenvalue weighted by molar-refractivity contribution is -0.119. The highest BCUT2D eigenvalue weighted by molar-refractivity contribution is 7.92. The predicted molar refractivity (Wildman–Crippen MR) is 110 cm³/mol. The number of nitrogens with one attached hydrogen (secondary N) is 1. The largest absolute Gasteiger partial charge is 0.442 e. The number of carbonyl (C=O) groups is 2. The Morgan fingerprint density at radius 3 is 2.53 bits per heavy atom. The van der Waals surface area contributed by atoms with Crippen LogP contribution in [0.4, 0.5) is 20.6 Å². The van der Waals surface area contributed by atoms with Crippen molar-refractivity contribution in [2.45, 2.75) is 25.9 Å². The molecule has 2 amide bonds. The Hall–Kier alpha value is -2.36. The van der Waals surface area contributed by atoms with Crippen LogP contribution in [0.2, 0.25) is 0 Å². The van der Waals surface area contributed by atoms with E-state index >= 15 is 0 Å². The molecule has 164 valence electrons. The Balaban J connectivity index is 1.36. The Morgan fingerprint density at radius 2 is 1.93 bits per heavy atom. The second kappa shape index (κ2) is 8.05. The minimum absolute atomic E-state index is 0.206. The Labute approximate surface area is 175 Å². The van der Waals surface area contributed by atoms with E-state index < -0.39 is 27.9 Å². The van der Waals surface area contributed by atoms with Crippen LogP contribution in [0.3, 0.4) is 0 Å². The summed E-state index contributed by atoms with van der Waals surface area (Å²) in [5.41, 5.74) is 0.905. The third-order valence-corrected chi connectivity index (χ3v) is 8.05.